The van der Waals surface area contributed by atoms with Crippen LogP contribution in [0.2, 0.25) is 0 Å². The van der Waals surface area contributed by atoms with Crippen LogP contribution in [-0.4, -0.2) is 39.6 Å². The second-order valence-corrected chi connectivity index (χ2v) is 8.96. The largest absolute Gasteiger partial charge is 0.363 e. The van der Waals surface area contributed by atoms with Gasteiger partial charge in [0.05, 0.1) is 22.6 Å². The second-order valence-electron chi connectivity index (χ2n) is 8.96. The lowest BCUT2D eigenvalue weighted by molar-refractivity contribution is 0.0659. The molecule has 0 saturated carbocycles. The molecule has 6 nitrogen and oxygen atoms in total. The molecule has 34 heavy (non-hydrogen) atoms. The van der Waals surface area contributed by atoms with Gasteiger partial charge in [0.15, 0.2) is 0 Å². The van der Waals surface area contributed by atoms with Crippen molar-refractivity contribution in [2.45, 2.75) is 44.8 Å². The van der Waals surface area contributed by atoms with Crippen molar-refractivity contribution < 1.29 is 17.6 Å². The Labute approximate surface area is 194 Å². The SMILES string of the molecule is Cc1nc(N[C@H](C)c2cccc(C(F)F)c2F)c2cc(C3(F)CCN(C)CC3)c(=O)n(C)c2n1. The zero-order valence-electron chi connectivity index (χ0n) is 19.5. The van der Waals surface area contributed by atoms with Gasteiger partial charge in [-0.25, -0.2) is 27.5 Å². The van der Waals surface area contributed by atoms with Crippen LogP contribution < -0.4 is 10.9 Å². The number of fused-ring (bicyclic) bond motifs is 1. The normalized spacial score (nSPS) is 17.3. The molecular weight excluding hydrogens is 450 g/mol. The molecule has 3 aromatic rings. The molecule has 1 N–H and O–H groups in total. The average Bonchev–Trinajstić information content (AvgIpc) is 2.78. The number of hydrogen-bond donors (Lipinski definition) is 1. The number of nitrogens with zero attached hydrogens (tertiary/aromatic N) is 4. The minimum Gasteiger partial charge on any atom is -0.363 e. The number of piperidine rings is 1. The molecule has 0 radical (unpaired) electrons. The third-order valence-corrected chi connectivity index (χ3v) is 6.55. The topological polar surface area (TPSA) is 63.1 Å². The number of pyridine rings is 1. The maximum absolute atomic E-state index is 15.9. The van der Waals surface area contributed by atoms with Crippen molar-refractivity contribution >= 4 is 16.9 Å². The first-order valence-corrected chi connectivity index (χ1v) is 11.1. The van der Waals surface area contributed by atoms with Crippen LogP contribution >= 0.6 is 0 Å². The summed E-state index contributed by atoms with van der Waals surface area (Å²) in [6.07, 6.45) is -2.58. The number of aromatic nitrogens is 3. The standard InChI is InChI=1S/C24H27F4N5O/c1-13(15-6-5-7-16(19(15)25)20(26)27)29-21-17-12-18(24(28)8-10-32(3)11-9-24)23(34)33(4)22(17)31-14(2)30-21/h5-7,12-13,20H,8-11H2,1-4H3,(H,29,30,31)/t13-/m1/s1. The minimum atomic E-state index is -2.94. The Morgan fingerprint density at radius 1 is 1.12 bits per heavy atom. The van der Waals surface area contributed by atoms with E-state index >= 15 is 4.39 Å². The van der Waals surface area contributed by atoms with Gasteiger partial charge >= 0.3 is 0 Å². The molecular formula is C24H27F4N5O. The Morgan fingerprint density at radius 2 is 1.76 bits per heavy atom. The van der Waals surface area contributed by atoms with Crippen LogP contribution in [0.15, 0.2) is 29.1 Å². The maximum atomic E-state index is 15.9. The number of nitrogens with one attached hydrogen (secondary N) is 1. The smallest absolute Gasteiger partial charge is 0.266 e. The lowest BCUT2D eigenvalue weighted by Gasteiger charge is -2.34. The molecule has 1 saturated heterocycles. The molecule has 0 bridgehead atoms. The summed E-state index contributed by atoms with van der Waals surface area (Å²) >= 11 is 0. The Hall–Kier alpha value is -3.01. The Kier molecular flexibility index (Phi) is 6.37. The van der Waals surface area contributed by atoms with Crippen molar-refractivity contribution in [2.24, 2.45) is 7.05 Å². The highest BCUT2D eigenvalue weighted by Crippen LogP contribution is 2.37. The van der Waals surface area contributed by atoms with Crippen LogP contribution in [0, 0.1) is 12.7 Å². The fourth-order valence-electron chi connectivity index (χ4n) is 4.47. The van der Waals surface area contributed by atoms with Crippen molar-refractivity contribution in [1.29, 1.82) is 0 Å². The third-order valence-electron chi connectivity index (χ3n) is 6.55. The molecule has 0 unspecified atom stereocenters. The van der Waals surface area contributed by atoms with Gasteiger partial charge < -0.3 is 10.2 Å². The first-order valence-electron chi connectivity index (χ1n) is 11.1. The molecule has 1 atom stereocenters. The Bertz CT molecular complexity index is 1280. The molecule has 1 fully saturated rings. The quantitative estimate of drug-likeness (QED) is 0.536. The molecule has 0 spiro atoms. The van der Waals surface area contributed by atoms with Crippen molar-refractivity contribution in [2.75, 3.05) is 25.5 Å². The van der Waals surface area contributed by atoms with Crippen molar-refractivity contribution in [3.63, 3.8) is 0 Å². The van der Waals surface area contributed by atoms with Gasteiger partial charge in [-0.1, -0.05) is 18.2 Å². The lowest BCUT2D eigenvalue weighted by Crippen LogP contribution is -2.42. The van der Waals surface area contributed by atoms with Crippen molar-refractivity contribution in [1.82, 2.24) is 19.4 Å². The first kappa shape index (κ1) is 24.1. The summed E-state index contributed by atoms with van der Waals surface area (Å²) in [5, 5.41) is 3.46. The molecule has 1 aliphatic heterocycles. The summed E-state index contributed by atoms with van der Waals surface area (Å²) in [5.74, 6) is -0.374. The molecule has 4 rings (SSSR count). The number of aryl methyl sites for hydroxylation is 2. The van der Waals surface area contributed by atoms with Gasteiger partial charge in [0.1, 0.15) is 28.8 Å². The van der Waals surface area contributed by atoms with Gasteiger partial charge in [-0.2, -0.15) is 0 Å². The molecule has 2 aromatic heterocycles. The molecule has 3 heterocycles. The van der Waals surface area contributed by atoms with Crippen LogP contribution in [-0.2, 0) is 12.7 Å². The molecule has 1 aliphatic rings. The van der Waals surface area contributed by atoms with Gasteiger partial charge in [0.25, 0.3) is 12.0 Å². The zero-order valence-corrected chi connectivity index (χ0v) is 19.5. The van der Waals surface area contributed by atoms with Crippen molar-refractivity contribution in [3.05, 3.63) is 63.0 Å². The minimum absolute atomic E-state index is 0.0321. The molecule has 10 heteroatoms. The van der Waals surface area contributed by atoms with E-state index in [0.717, 1.165) is 6.07 Å². The number of hydrogen-bond acceptors (Lipinski definition) is 5. The Balaban J connectivity index is 1.82. The zero-order chi connectivity index (χ0) is 24.8. The molecule has 0 amide bonds. The fraction of sp³-hybridized carbons (Fsp3) is 0.458. The van der Waals surface area contributed by atoms with Gasteiger partial charge in [-0.05, 0) is 39.8 Å². The van der Waals surface area contributed by atoms with Gasteiger partial charge in [-0.15, -0.1) is 0 Å². The molecule has 182 valence electrons. The van der Waals surface area contributed by atoms with Crippen molar-refractivity contribution in [3.8, 4) is 0 Å². The highest BCUT2D eigenvalue weighted by atomic mass is 19.3. The maximum Gasteiger partial charge on any atom is 0.266 e. The molecule has 0 aliphatic carbocycles. The van der Waals surface area contributed by atoms with Gasteiger partial charge in [-0.3, -0.25) is 9.36 Å². The van der Waals surface area contributed by atoms with Gasteiger partial charge in [0, 0.05) is 25.7 Å². The summed E-state index contributed by atoms with van der Waals surface area (Å²) < 4.78 is 58.3. The van der Waals surface area contributed by atoms with Crippen LogP contribution in [0.4, 0.5) is 23.4 Å². The number of rotatable bonds is 5. The Morgan fingerprint density at radius 3 is 2.41 bits per heavy atom. The fourth-order valence-corrected chi connectivity index (χ4v) is 4.47. The summed E-state index contributed by atoms with van der Waals surface area (Å²) in [6, 6.07) is 4.58. The van der Waals surface area contributed by atoms with E-state index in [1.165, 1.54) is 29.8 Å². The van der Waals surface area contributed by atoms with E-state index in [4.69, 9.17) is 0 Å². The summed E-state index contributed by atoms with van der Waals surface area (Å²) in [7, 11) is 3.43. The van der Waals surface area contributed by atoms with E-state index in [-0.39, 0.29) is 29.8 Å². The summed E-state index contributed by atoms with van der Waals surface area (Å²) in [5.41, 5.74) is -2.56. The lowest BCUT2D eigenvalue weighted by atomic mass is 9.86. The van der Waals surface area contributed by atoms with E-state index < -0.39 is 35.1 Å². The van der Waals surface area contributed by atoms with Gasteiger partial charge in [0.2, 0.25) is 0 Å². The monoisotopic (exact) mass is 477 g/mol. The van der Waals surface area contributed by atoms with E-state index in [2.05, 4.69) is 15.3 Å². The highest BCUT2D eigenvalue weighted by Gasteiger charge is 2.38. The molecule has 1 aromatic carbocycles. The van der Waals surface area contributed by atoms with Crippen LogP contribution in [0.5, 0.6) is 0 Å². The van der Waals surface area contributed by atoms with E-state index in [1.807, 2.05) is 11.9 Å². The first-order chi connectivity index (χ1) is 16.0. The average molecular weight is 478 g/mol. The number of alkyl halides is 3. The van der Waals surface area contributed by atoms with Crippen LogP contribution in [0.1, 0.15) is 54.7 Å². The van der Waals surface area contributed by atoms with E-state index in [0.29, 0.717) is 29.9 Å². The van der Waals surface area contributed by atoms with Crippen LogP contribution in [0.3, 0.4) is 0 Å². The summed E-state index contributed by atoms with van der Waals surface area (Å²) in [4.78, 5) is 23.9. The predicted octanol–water partition coefficient (Wildman–Crippen LogP) is 4.78. The predicted molar refractivity (Wildman–Crippen MR) is 122 cm³/mol. The second kappa shape index (κ2) is 8.98. The number of benzene rings is 1. The number of halogens is 4. The number of anilines is 1. The third kappa shape index (κ3) is 4.26. The summed E-state index contributed by atoms with van der Waals surface area (Å²) in [6.45, 7) is 4.29. The van der Waals surface area contributed by atoms with Crippen LogP contribution in [0.25, 0.3) is 11.0 Å². The van der Waals surface area contributed by atoms with E-state index in [9.17, 15) is 18.0 Å². The number of likely N-dealkylation sites (tertiary alicyclic amines) is 1. The van der Waals surface area contributed by atoms with E-state index in [1.54, 1.807) is 13.8 Å². The highest BCUT2D eigenvalue weighted by molar-refractivity contribution is 5.87.